The molecule has 15 heteroatoms. The number of nitrogens with one attached hydrogen (secondary N) is 4. The maximum Gasteiger partial charge on any atom is 0.264 e. The topological polar surface area (TPSA) is 179 Å². The molecule has 3 aromatic rings. The van der Waals surface area contributed by atoms with E-state index in [1.807, 2.05) is 33.8 Å². The smallest absolute Gasteiger partial charge is 0.264 e. The quantitative estimate of drug-likeness (QED) is 0.0873. The molecular formula is C43H48ClFN6O7. The second-order valence-corrected chi connectivity index (χ2v) is 16.5. The molecule has 3 aromatic carbocycles. The average molecular weight is 815 g/mol. The molecule has 2 fully saturated rings. The van der Waals surface area contributed by atoms with Gasteiger partial charge < -0.3 is 25.4 Å². The van der Waals surface area contributed by atoms with E-state index >= 15 is 4.39 Å². The summed E-state index contributed by atoms with van der Waals surface area (Å²) in [6.45, 7) is 10.1. The number of unbranched alkanes of at least 4 members (excludes halogenated alkanes) is 2. The van der Waals surface area contributed by atoms with E-state index in [2.05, 4.69) is 21.3 Å². The number of ether oxygens (including phenoxy) is 2. The van der Waals surface area contributed by atoms with Crippen molar-refractivity contribution in [3.63, 3.8) is 0 Å². The highest BCUT2D eigenvalue weighted by Crippen LogP contribution is 2.55. The molecule has 2 aliphatic heterocycles. The number of nitriles is 1. The number of imide groups is 2. The van der Waals surface area contributed by atoms with Gasteiger partial charge in [0.1, 0.15) is 29.8 Å². The molecule has 1 aliphatic carbocycles. The number of hydrogen-bond donors (Lipinski definition) is 4. The largest absolute Gasteiger partial charge is 0.489 e. The van der Waals surface area contributed by atoms with Crippen LogP contribution in [0, 0.1) is 28.0 Å². The lowest BCUT2D eigenvalue weighted by molar-refractivity contribution is -0.164. The fraction of sp³-hybridized carbons (Fsp3) is 0.442. The van der Waals surface area contributed by atoms with E-state index in [0.717, 1.165) is 24.2 Å². The van der Waals surface area contributed by atoms with Gasteiger partial charge in [0.05, 0.1) is 27.4 Å². The first-order chi connectivity index (χ1) is 27.6. The van der Waals surface area contributed by atoms with E-state index in [9.17, 15) is 24.0 Å². The van der Waals surface area contributed by atoms with Crippen LogP contribution in [0.5, 0.6) is 5.75 Å². The number of benzene rings is 3. The maximum absolute atomic E-state index is 15.1. The summed E-state index contributed by atoms with van der Waals surface area (Å²) >= 11 is 6.20. The zero-order chi connectivity index (χ0) is 41.8. The monoisotopic (exact) mass is 814 g/mol. The van der Waals surface area contributed by atoms with Gasteiger partial charge in [-0.2, -0.15) is 5.26 Å². The van der Waals surface area contributed by atoms with Crippen molar-refractivity contribution in [1.29, 1.82) is 5.26 Å². The van der Waals surface area contributed by atoms with Crippen molar-refractivity contribution < 1.29 is 37.8 Å². The summed E-state index contributed by atoms with van der Waals surface area (Å²) in [6, 6.07) is 15.1. The standard InChI is InChI=1S/C43H48ClFN6O7/c1-42(2)40(43(3,4)41(42)58-27-14-12-26(24-46)29(44)23-27)50-36(53)25-13-15-31(30(45)22-25)47-18-6-5-7-20-57-21-9-19-48-32-11-8-10-28-35(32)39(56)51(38(28)55)33-16-17-34(52)49-37(33)54/h8,10-15,22-23,33,40-41,47-48H,5-7,9,16-21H2,1-4H3,(H,50,53)(H,49,52,54). The van der Waals surface area contributed by atoms with Gasteiger partial charge in [-0.1, -0.05) is 45.4 Å². The summed E-state index contributed by atoms with van der Waals surface area (Å²) in [5, 5.41) is 21.1. The zero-order valence-corrected chi connectivity index (χ0v) is 33.8. The van der Waals surface area contributed by atoms with E-state index < -0.39 is 46.3 Å². The Morgan fingerprint density at radius 2 is 1.66 bits per heavy atom. The number of piperidine rings is 1. The highest BCUT2D eigenvalue weighted by molar-refractivity contribution is 6.31. The van der Waals surface area contributed by atoms with Crippen molar-refractivity contribution in [3.8, 4) is 11.8 Å². The van der Waals surface area contributed by atoms with Crippen LogP contribution in [0.15, 0.2) is 54.6 Å². The number of amides is 5. The number of fused-ring (bicyclic) bond motifs is 1. The number of halogens is 2. The van der Waals surface area contributed by atoms with Crippen molar-refractivity contribution in [2.75, 3.05) is 36.9 Å². The fourth-order valence-corrected chi connectivity index (χ4v) is 8.71. The van der Waals surface area contributed by atoms with Gasteiger partial charge in [-0.25, -0.2) is 4.39 Å². The first-order valence-corrected chi connectivity index (χ1v) is 19.9. The second kappa shape index (κ2) is 17.5. The summed E-state index contributed by atoms with van der Waals surface area (Å²) < 4.78 is 27.1. The highest BCUT2D eigenvalue weighted by atomic mass is 35.5. The molecule has 0 spiro atoms. The summed E-state index contributed by atoms with van der Waals surface area (Å²) in [5.41, 5.74) is 0.938. The fourth-order valence-electron chi connectivity index (χ4n) is 8.50. The normalized spacial score (nSPS) is 20.4. The zero-order valence-electron chi connectivity index (χ0n) is 33.0. The lowest BCUT2D eigenvalue weighted by atomic mass is 9.49. The molecule has 0 radical (unpaired) electrons. The Bertz CT molecular complexity index is 2140. The third-order valence-corrected chi connectivity index (χ3v) is 11.5. The van der Waals surface area contributed by atoms with Crippen LogP contribution in [0.4, 0.5) is 15.8 Å². The van der Waals surface area contributed by atoms with Crippen LogP contribution >= 0.6 is 11.6 Å². The summed E-state index contributed by atoms with van der Waals surface area (Å²) in [7, 11) is 0. The molecule has 1 unspecified atom stereocenters. The van der Waals surface area contributed by atoms with E-state index in [-0.39, 0.29) is 47.6 Å². The molecule has 0 bridgehead atoms. The van der Waals surface area contributed by atoms with Crippen LogP contribution in [0.2, 0.25) is 5.02 Å². The van der Waals surface area contributed by atoms with Gasteiger partial charge in [0.15, 0.2) is 0 Å². The Balaban J connectivity index is 0.863. The highest BCUT2D eigenvalue weighted by Gasteiger charge is 2.64. The summed E-state index contributed by atoms with van der Waals surface area (Å²) in [5.74, 6) is -2.52. The molecule has 2 heterocycles. The molecule has 0 aromatic heterocycles. The first kappa shape index (κ1) is 42.1. The molecule has 5 amide bonds. The minimum Gasteiger partial charge on any atom is -0.489 e. The number of nitrogens with zero attached hydrogens (tertiary/aromatic N) is 2. The Morgan fingerprint density at radius 3 is 2.36 bits per heavy atom. The molecule has 306 valence electrons. The second-order valence-electron chi connectivity index (χ2n) is 16.1. The molecule has 1 saturated heterocycles. The molecule has 3 aliphatic rings. The lowest BCUT2D eigenvalue weighted by Crippen LogP contribution is -2.74. The predicted octanol–water partition coefficient (Wildman–Crippen LogP) is 6.46. The molecule has 1 saturated carbocycles. The minimum atomic E-state index is -1.02. The van der Waals surface area contributed by atoms with Crippen LogP contribution in [-0.4, -0.2) is 78.9 Å². The van der Waals surface area contributed by atoms with Gasteiger partial charge in [-0.15, -0.1) is 0 Å². The lowest BCUT2D eigenvalue weighted by Gasteiger charge is -2.63. The molecule has 1 atom stereocenters. The molecule has 58 heavy (non-hydrogen) atoms. The van der Waals surface area contributed by atoms with E-state index in [1.54, 1.807) is 48.5 Å². The molecular weight excluding hydrogens is 767 g/mol. The third kappa shape index (κ3) is 8.66. The molecule has 13 nitrogen and oxygen atoms in total. The Kier molecular flexibility index (Phi) is 12.7. The van der Waals surface area contributed by atoms with Gasteiger partial charge in [0.2, 0.25) is 11.8 Å². The molecule has 4 N–H and O–H groups in total. The number of hydrogen-bond acceptors (Lipinski definition) is 10. The number of carbonyl (C=O) groups excluding carboxylic acids is 5. The van der Waals surface area contributed by atoms with Gasteiger partial charge in [0, 0.05) is 66.9 Å². The Labute approximate surface area is 342 Å². The van der Waals surface area contributed by atoms with E-state index in [4.69, 9.17) is 26.3 Å². The van der Waals surface area contributed by atoms with Gasteiger partial charge >= 0.3 is 0 Å². The van der Waals surface area contributed by atoms with Crippen molar-refractivity contribution >= 4 is 52.5 Å². The van der Waals surface area contributed by atoms with E-state index in [1.165, 1.54) is 6.07 Å². The number of carbonyl (C=O) groups is 5. The predicted molar refractivity (Wildman–Crippen MR) is 215 cm³/mol. The molecule has 6 rings (SSSR count). The third-order valence-electron chi connectivity index (χ3n) is 11.2. The number of anilines is 2. The van der Waals surface area contributed by atoms with Gasteiger partial charge in [-0.05, 0) is 74.6 Å². The van der Waals surface area contributed by atoms with Crippen LogP contribution in [0.1, 0.15) is 103 Å². The average Bonchev–Trinajstić information content (AvgIpc) is 3.44. The van der Waals surface area contributed by atoms with Crippen molar-refractivity contribution in [1.82, 2.24) is 15.5 Å². The van der Waals surface area contributed by atoms with Crippen molar-refractivity contribution in [3.05, 3.63) is 87.7 Å². The van der Waals surface area contributed by atoms with Crippen LogP contribution < -0.4 is 26.0 Å². The summed E-state index contributed by atoms with van der Waals surface area (Å²) in [4.78, 5) is 64.4. The minimum absolute atomic E-state index is 0.0583. The Hall–Kier alpha value is -5.52. The van der Waals surface area contributed by atoms with Gasteiger partial charge in [-0.3, -0.25) is 34.2 Å². The SMILES string of the molecule is CC1(C)C(NC(=O)c2ccc(NCCCCCOCCCNc3cccc4c3C(=O)N(C3CCC(=O)NC3=O)C4=O)c(F)c2)C(C)(C)C1Oc1ccc(C#N)c(Cl)c1. The van der Waals surface area contributed by atoms with Crippen LogP contribution in [0.3, 0.4) is 0 Å². The van der Waals surface area contributed by atoms with Crippen molar-refractivity contribution in [2.45, 2.75) is 84.4 Å². The first-order valence-electron chi connectivity index (χ1n) is 19.5. The van der Waals surface area contributed by atoms with Crippen LogP contribution in [-0.2, 0) is 14.3 Å². The maximum atomic E-state index is 15.1. The number of rotatable bonds is 17. The van der Waals surface area contributed by atoms with Crippen molar-refractivity contribution in [2.24, 2.45) is 10.8 Å². The Morgan fingerprint density at radius 1 is 0.931 bits per heavy atom. The van der Waals surface area contributed by atoms with Gasteiger partial charge in [0.25, 0.3) is 17.7 Å². The summed E-state index contributed by atoms with van der Waals surface area (Å²) in [6.07, 6.45) is 3.01. The van der Waals surface area contributed by atoms with E-state index in [0.29, 0.717) is 60.4 Å². The van der Waals surface area contributed by atoms with Crippen LogP contribution in [0.25, 0.3) is 0 Å².